The van der Waals surface area contributed by atoms with Gasteiger partial charge in [-0.15, -0.1) is 0 Å². The van der Waals surface area contributed by atoms with Crippen LogP contribution in [-0.2, 0) is 54.3 Å². The summed E-state index contributed by atoms with van der Waals surface area (Å²) in [5, 5.41) is 0. The fourth-order valence-corrected chi connectivity index (χ4v) is 1.93. The van der Waals surface area contributed by atoms with Gasteiger partial charge < -0.3 is 28.4 Å². The Morgan fingerprint density at radius 2 is 0.971 bits per heavy atom. The van der Waals surface area contributed by atoms with E-state index in [0.717, 1.165) is 24.3 Å². The van der Waals surface area contributed by atoms with Crippen LogP contribution in [0.5, 0.6) is 11.5 Å². The molecule has 0 heterocycles. The van der Waals surface area contributed by atoms with E-state index in [1.54, 1.807) is 0 Å². The van der Waals surface area contributed by atoms with Crippen LogP contribution >= 0.6 is 0 Å². The molecule has 0 atom stereocenters. The Kier molecular flexibility index (Phi) is 11.5. The summed E-state index contributed by atoms with van der Waals surface area (Å²) < 4.78 is 28.6. The van der Waals surface area contributed by atoms with Crippen LogP contribution < -0.4 is 9.47 Å². The van der Waals surface area contributed by atoms with E-state index >= 15 is 0 Å². The molecule has 0 radical (unpaired) electrons. The number of carbonyl (C=O) groups excluding carboxylic acids is 6. The molecule has 0 unspecified atom stereocenters. The van der Waals surface area contributed by atoms with Gasteiger partial charge in [-0.05, 0) is 17.7 Å². The number of esters is 6. The van der Waals surface area contributed by atoms with Crippen molar-refractivity contribution in [2.24, 2.45) is 0 Å². The van der Waals surface area contributed by atoms with E-state index in [1.807, 2.05) is 0 Å². The van der Waals surface area contributed by atoms with Gasteiger partial charge in [-0.25, -0.2) is 28.8 Å². The first-order valence-electron chi connectivity index (χ1n) is 9.25. The minimum absolute atomic E-state index is 0.155. The number of ether oxygens (including phenoxy) is 6. The molecule has 0 aliphatic rings. The molecular formula is C22H20O12. The van der Waals surface area contributed by atoms with Crippen molar-refractivity contribution in [2.45, 2.75) is 6.61 Å². The maximum Gasteiger partial charge on any atom is 0.349 e. The third-order valence-corrected chi connectivity index (χ3v) is 3.30. The minimum atomic E-state index is -0.974. The Labute approximate surface area is 193 Å². The van der Waals surface area contributed by atoms with Gasteiger partial charge in [-0.3, -0.25) is 0 Å². The number of rotatable bonds is 13. The second-order valence-corrected chi connectivity index (χ2v) is 5.86. The van der Waals surface area contributed by atoms with Crippen LogP contribution in [0.15, 0.2) is 56.2 Å². The average molecular weight is 476 g/mol. The molecule has 34 heavy (non-hydrogen) atoms. The van der Waals surface area contributed by atoms with Crippen molar-refractivity contribution < 1.29 is 57.2 Å². The average Bonchev–Trinajstić information content (AvgIpc) is 2.82. The Morgan fingerprint density at radius 1 is 0.588 bits per heavy atom. The molecule has 0 fully saturated rings. The fraction of sp³-hybridized carbons (Fsp3) is 0.182. The minimum Gasteiger partial charge on any atom is -0.458 e. The van der Waals surface area contributed by atoms with Crippen molar-refractivity contribution in [1.82, 2.24) is 0 Å². The van der Waals surface area contributed by atoms with E-state index in [4.69, 9.17) is 14.2 Å². The molecule has 0 aliphatic carbocycles. The summed E-state index contributed by atoms with van der Waals surface area (Å²) in [6, 6.07) is 3.67. The second-order valence-electron chi connectivity index (χ2n) is 5.86. The predicted octanol–water partition coefficient (Wildman–Crippen LogP) is 0.728. The normalized spacial score (nSPS) is 9.53. The number of benzene rings is 1. The lowest BCUT2D eigenvalue weighted by Gasteiger charge is -2.11. The van der Waals surface area contributed by atoms with Crippen LogP contribution in [0.2, 0.25) is 0 Å². The first-order valence-corrected chi connectivity index (χ1v) is 9.25. The van der Waals surface area contributed by atoms with E-state index in [9.17, 15) is 28.8 Å². The standard InChI is InChI=1S/C22H20O12/c1-4-17(23)30-11-20(26)29-10-14-7-15(33-21(27)12-31-18(24)5-2)9-16(8-14)34-22(28)13-32-19(25)6-3/h4-9H,1-3,10-13H2. The van der Waals surface area contributed by atoms with Gasteiger partial charge in [0.1, 0.15) is 18.1 Å². The van der Waals surface area contributed by atoms with E-state index in [1.165, 1.54) is 12.1 Å². The fourth-order valence-electron chi connectivity index (χ4n) is 1.93. The Balaban J connectivity index is 2.91. The van der Waals surface area contributed by atoms with Crippen molar-refractivity contribution in [3.05, 3.63) is 61.7 Å². The molecule has 0 N–H and O–H groups in total. The first-order chi connectivity index (χ1) is 16.2. The highest BCUT2D eigenvalue weighted by Gasteiger charge is 2.15. The SMILES string of the molecule is C=CC(=O)OCC(=O)OCc1cc(OC(=O)COC(=O)C=C)cc(OC(=O)COC(=O)C=C)c1. The largest absolute Gasteiger partial charge is 0.458 e. The second kappa shape index (κ2) is 14.3. The molecule has 0 bridgehead atoms. The molecule has 0 spiro atoms. The smallest absolute Gasteiger partial charge is 0.349 e. The quantitative estimate of drug-likeness (QED) is 0.170. The van der Waals surface area contributed by atoms with Crippen LogP contribution in [0.4, 0.5) is 0 Å². The summed E-state index contributed by atoms with van der Waals surface area (Å²) in [6.07, 6.45) is 2.57. The predicted molar refractivity (Wildman–Crippen MR) is 111 cm³/mol. The first kappa shape index (κ1) is 27.3. The number of carbonyl (C=O) groups is 6. The highest BCUT2D eigenvalue weighted by Crippen LogP contribution is 2.24. The van der Waals surface area contributed by atoms with Crippen molar-refractivity contribution in [3.8, 4) is 11.5 Å². The van der Waals surface area contributed by atoms with Crippen LogP contribution in [0.1, 0.15) is 5.56 Å². The highest BCUT2D eigenvalue weighted by atomic mass is 16.6. The maximum absolute atomic E-state index is 11.9. The van der Waals surface area contributed by atoms with Crippen molar-refractivity contribution in [3.63, 3.8) is 0 Å². The zero-order valence-electron chi connectivity index (χ0n) is 17.8. The van der Waals surface area contributed by atoms with Gasteiger partial charge in [-0.1, -0.05) is 19.7 Å². The molecule has 0 saturated heterocycles. The summed E-state index contributed by atoms with van der Waals surface area (Å²) in [6.45, 7) is 7.01. The third-order valence-electron chi connectivity index (χ3n) is 3.30. The van der Waals surface area contributed by atoms with Gasteiger partial charge >= 0.3 is 35.8 Å². The lowest BCUT2D eigenvalue weighted by atomic mass is 10.2. The van der Waals surface area contributed by atoms with Crippen LogP contribution in [0.3, 0.4) is 0 Å². The van der Waals surface area contributed by atoms with E-state index in [0.29, 0.717) is 0 Å². The van der Waals surface area contributed by atoms with Crippen LogP contribution in [-0.4, -0.2) is 55.6 Å². The van der Waals surface area contributed by atoms with Crippen molar-refractivity contribution >= 4 is 35.8 Å². The van der Waals surface area contributed by atoms with Crippen molar-refractivity contribution in [2.75, 3.05) is 19.8 Å². The highest BCUT2D eigenvalue weighted by molar-refractivity contribution is 5.85. The molecule has 0 amide bonds. The molecule has 12 heteroatoms. The lowest BCUT2D eigenvalue weighted by Crippen LogP contribution is -2.19. The van der Waals surface area contributed by atoms with E-state index in [-0.39, 0.29) is 17.1 Å². The monoisotopic (exact) mass is 476 g/mol. The summed E-state index contributed by atoms with van der Waals surface area (Å²) in [5.74, 6) is -5.68. The molecule has 0 aliphatic heterocycles. The van der Waals surface area contributed by atoms with Gasteiger partial charge in [0.05, 0.1) is 0 Å². The maximum atomic E-state index is 11.9. The Morgan fingerprint density at radius 3 is 1.35 bits per heavy atom. The lowest BCUT2D eigenvalue weighted by molar-refractivity contribution is -0.157. The van der Waals surface area contributed by atoms with Crippen molar-refractivity contribution in [1.29, 1.82) is 0 Å². The van der Waals surface area contributed by atoms with Gasteiger partial charge in [0.15, 0.2) is 19.8 Å². The number of hydrogen-bond donors (Lipinski definition) is 0. The van der Waals surface area contributed by atoms with Crippen LogP contribution in [0.25, 0.3) is 0 Å². The van der Waals surface area contributed by atoms with E-state index < -0.39 is 62.2 Å². The zero-order valence-corrected chi connectivity index (χ0v) is 17.8. The summed E-state index contributed by atoms with van der Waals surface area (Å²) in [5.41, 5.74) is 0.197. The molecular weight excluding hydrogens is 456 g/mol. The van der Waals surface area contributed by atoms with E-state index in [2.05, 4.69) is 33.9 Å². The third kappa shape index (κ3) is 11.0. The zero-order chi connectivity index (χ0) is 25.5. The molecule has 0 saturated carbocycles. The molecule has 1 aromatic rings. The Bertz CT molecular complexity index is 935. The summed E-state index contributed by atoms with van der Waals surface area (Å²) in [7, 11) is 0. The molecule has 180 valence electrons. The Hall–Kier alpha value is -4.74. The van der Waals surface area contributed by atoms with Gasteiger partial charge in [0, 0.05) is 24.3 Å². The summed E-state index contributed by atoms with van der Waals surface area (Å²) >= 11 is 0. The van der Waals surface area contributed by atoms with Gasteiger partial charge in [-0.2, -0.15) is 0 Å². The number of hydrogen-bond acceptors (Lipinski definition) is 12. The van der Waals surface area contributed by atoms with Gasteiger partial charge in [0.25, 0.3) is 0 Å². The van der Waals surface area contributed by atoms with Crippen LogP contribution in [0, 0.1) is 0 Å². The van der Waals surface area contributed by atoms with Gasteiger partial charge in [0.2, 0.25) is 0 Å². The summed E-state index contributed by atoms with van der Waals surface area (Å²) in [4.78, 5) is 68.6. The topological polar surface area (TPSA) is 158 Å². The molecule has 0 aromatic heterocycles. The molecule has 12 nitrogen and oxygen atoms in total. The molecule has 1 rings (SSSR count). The molecule has 1 aromatic carbocycles.